The summed E-state index contributed by atoms with van der Waals surface area (Å²) < 4.78 is 0. The Bertz CT molecular complexity index is 641. The van der Waals surface area contributed by atoms with Crippen LogP contribution in [0.15, 0.2) is 28.9 Å². The van der Waals surface area contributed by atoms with Crippen LogP contribution in [0.25, 0.3) is 0 Å². The molecule has 0 unspecified atom stereocenters. The van der Waals surface area contributed by atoms with E-state index in [1.807, 2.05) is 36.5 Å². The normalized spacial score (nSPS) is 11.7. The van der Waals surface area contributed by atoms with Gasteiger partial charge in [-0.15, -0.1) is 11.3 Å². The number of aryl methyl sites for hydroxylation is 1. The Morgan fingerprint density at radius 2 is 2.30 bits per heavy atom. The molecule has 1 aromatic heterocycles. The molecule has 0 aliphatic rings. The standard InChI is InChI=1S/C13H15ClN4OS/c1-8-11(20-7-16-8)6-18(2)10-5-3-4-9(14)12(10)13(15)17-19/h3-5,7,19H,6H2,1-2H3,(H2,15,17). The Morgan fingerprint density at radius 1 is 1.55 bits per heavy atom. The van der Waals surface area contributed by atoms with Crippen LogP contribution in [-0.4, -0.2) is 23.1 Å². The van der Waals surface area contributed by atoms with Crippen LogP contribution >= 0.6 is 22.9 Å². The Kier molecular flexibility index (Phi) is 4.46. The SMILES string of the molecule is Cc1ncsc1CN(C)c1cccc(Cl)c1C(N)=NO. The Hall–Kier alpha value is -1.79. The molecular formula is C13H15ClN4OS. The third-order valence-corrected chi connectivity index (χ3v) is 4.23. The zero-order valence-electron chi connectivity index (χ0n) is 11.2. The number of hydrogen-bond donors (Lipinski definition) is 2. The zero-order chi connectivity index (χ0) is 14.7. The van der Waals surface area contributed by atoms with Gasteiger partial charge in [0.2, 0.25) is 0 Å². The van der Waals surface area contributed by atoms with Gasteiger partial charge in [0.05, 0.1) is 28.3 Å². The molecule has 7 heteroatoms. The van der Waals surface area contributed by atoms with Crippen LogP contribution in [0.2, 0.25) is 5.02 Å². The number of aromatic nitrogens is 1. The molecule has 1 aromatic carbocycles. The summed E-state index contributed by atoms with van der Waals surface area (Å²) in [6.07, 6.45) is 0. The number of anilines is 1. The molecule has 106 valence electrons. The van der Waals surface area contributed by atoms with Crippen molar-refractivity contribution in [3.05, 3.63) is 44.9 Å². The van der Waals surface area contributed by atoms with Crippen molar-refractivity contribution in [1.29, 1.82) is 0 Å². The van der Waals surface area contributed by atoms with Gasteiger partial charge in [-0.1, -0.05) is 22.8 Å². The number of halogens is 1. The summed E-state index contributed by atoms with van der Waals surface area (Å²) in [4.78, 5) is 7.40. The lowest BCUT2D eigenvalue weighted by molar-refractivity contribution is 0.318. The van der Waals surface area contributed by atoms with Gasteiger partial charge in [0.25, 0.3) is 0 Å². The van der Waals surface area contributed by atoms with E-state index < -0.39 is 0 Å². The molecule has 2 rings (SSSR count). The van der Waals surface area contributed by atoms with E-state index >= 15 is 0 Å². The van der Waals surface area contributed by atoms with E-state index in [4.69, 9.17) is 22.5 Å². The highest BCUT2D eigenvalue weighted by Crippen LogP contribution is 2.28. The van der Waals surface area contributed by atoms with Crippen molar-refractivity contribution in [2.45, 2.75) is 13.5 Å². The number of nitrogens with zero attached hydrogens (tertiary/aromatic N) is 3. The van der Waals surface area contributed by atoms with Crippen LogP contribution in [0.1, 0.15) is 16.1 Å². The number of rotatable bonds is 4. The van der Waals surface area contributed by atoms with Crippen molar-refractivity contribution < 1.29 is 5.21 Å². The summed E-state index contributed by atoms with van der Waals surface area (Å²) in [5.41, 5.74) is 9.88. The number of amidine groups is 1. The molecule has 0 bridgehead atoms. The van der Waals surface area contributed by atoms with Gasteiger partial charge in [-0.3, -0.25) is 0 Å². The van der Waals surface area contributed by atoms with Crippen molar-refractivity contribution in [1.82, 2.24) is 4.98 Å². The molecule has 0 radical (unpaired) electrons. The van der Waals surface area contributed by atoms with E-state index in [2.05, 4.69) is 10.1 Å². The van der Waals surface area contributed by atoms with E-state index in [0.717, 1.165) is 16.3 Å². The fourth-order valence-corrected chi connectivity index (χ4v) is 3.01. The van der Waals surface area contributed by atoms with Crippen LogP contribution in [0.3, 0.4) is 0 Å². The first kappa shape index (κ1) is 14.6. The average Bonchev–Trinajstić information content (AvgIpc) is 2.83. The third kappa shape index (κ3) is 2.86. The lowest BCUT2D eigenvalue weighted by atomic mass is 10.1. The molecule has 0 aliphatic heterocycles. The molecule has 1 heterocycles. The Morgan fingerprint density at radius 3 is 2.90 bits per heavy atom. The van der Waals surface area contributed by atoms with E-state index in [1.54, 1.807) is 17.4 Å². The zero-order valence-corrected chi connectivity index (χ0v) is 12.7. The summed E-state index contributed by atoms with van der Waals surface area (Å²) in [7, 11) is 1.93. The maximum atomic E-state index is 8.90. The van der Waals surface area contributed by atoms with Crippen LogP contribution in [0.5, 0.6) is 0 Å². The smallest absolute Gasteiger partial charge is 0.173 e. The van der Waals surface area contributed by atoms with Crippen LogP contribution in [0.4, 0.5) is 5.69 Å². The molecule has 0 saturated heterocycles. The van der Waals surface area contributed by atoms with Gasteiger partial charge in [-0.25, -0.2) is 4.98 Å². The topological polar surface area (TPSA) is 74.7 Å². The second-order valence-corrected chi connectivity index (χ2v) is 5.68. The molecular weight excluding hydrogens is 296 g/mol. The van der Waals surface area contributed by atoms with Crippen LogP contribution in [0, 0.1) is 6.92 Å². The second-order valence-electron chi connectivity index (χ2n) is 4.34. The van der Waals surface area contributed by atoms with Gasteiger partial charge in [-0.05, 0) is 19.1 Å². The average molecular weight is 311 g/mol. The van der Waals surface area contributed by atoms with Crippen LogP contribution < -0.4 is 10.6 Å². The highest BCUT2D eigenvalue weighted by molar-refractivity contribution is 7.09. The van der Waals surface area contributed by atoms with Crippen LogP contribution in [-0.2, 0) is 6.54 Å². The molecule has 2 aromatic rings. The van der Waals surface area contributed by atoms with Gasteiger partial charge in [-0.2, -0.15) is 0 Å². The first-order valence-electron chi connectivity index (χ1n) is 5.91. The molecule has 0 spiro atoms. The summed E-state index contributed by atoms with van der Waals surface area (Å²) in [5.74, 6) is -0.00141. The van der Waals surface area contributed by atoms with E-state index in [-0.39, 0.29) is 5.84 Å². The highest BCUT2D eigenvalue weighted by Gasteiger charge is 2.16. The van der Waals surface area contributed by atoms with Gasteiger partial charge >= 0.3 is 0 Å². The molecule has 0 atom stereocenters. The van der Waals surface area contributed by atoms with E-state index in [0.29, 0.717) is 17.1 Å². The van der Waals surface area contributed by atoms with Crippen molar-refractivity contribution in [3.8, 4) is 0 Å². The lowest BCUT2D eigenvalue weighted by Crippen LogP contribution is -2.23. The molecule has 0 aliphatic carbocycles. The quantitative estimate of drug-likeness (QED) is 0.394. The van der Waals surface area contributed by atoms with Crippen molar-refractivity contribution in [2.24, 2.45) is 10.9 Å². The highest BCUT2D eigenvalue weighted by atomic mass is 35.5. The first-order chi connectivity index (χ1) is 9.54. The monoisotopic (exact) mass is 310 g/mol. The molecule has 0 saturated carbocycles. The lowest BCUT2D eigenvalue weighted by Gasteiger charge is -2.22. The first-order valence-corrected chi connectivity index (χ1v) is 7.17. The minimum absolute atomic E-state index is 0.00141. The summed E-state index contributed by atoms with van der Waals surface area (Å²) in [6, 6.07) is 5.43. The molecule has 0 amide bonds. The number of thiazole rings is 1. The minimum Gasteiger partial charge on any atom is -0.409 e. The fraction of sp³-hybridized carbons (Fsp3) is 0.231. The number of hydrogen-bond acceptors (Lipinski definition) is 5. The van der Waals surface area contributed by atoms with E-state index in [1.165, 1.54) is 0 Å². The molecule has 3 N–H and O–H groups in total. The second kappa shape index (κ2) is 6.11. The van der Waals surface area contributed by atoms with Gasteiger partial charge in [0, 0.05) is 17.6 Å². The number of nitrogens with two attached hydrogens (primary N) is 1. The largest absolute Gasteiger partial charge is 0.409 e. The number of benzene rings is 1. The van der Waals surface area contributed by atoms with Crippen molar-refractivity contribution >= 4 is 34.5 Å². The molecule has 20 heavy (non-hydrogen) atoms. The maximum Gasteiger partial charge on any atom is 0.173 e. The Labute approximate surface area is 126 Å². The fourth-order valence-electron chi connectivity index (χ4n) is 1.91. The van der Waals surface area contributed by atoms with Gasteiger partial charge in [0.1, 0.15) is 0 Å². The molecule has 0 fully saturated rings. The van der Waals surface area contributed by atoms with Gasteiger partial charge in [0.15, 0.2) is 5.84 Å². The minimum atomic E-state index is -0.00141. The van der Waals surface area contributed by atoms with E-state index in [9.17, 15) is 0 Å². The van der Waals surface area contributed by atoms with Gasteiger partial charge < -0.3 is 15.8 Å². The van der Waals surface area contributed by atoms with Crippen molar-refractivity contribution in [2.75, 3.05) is 11.9 Å². The summed E-state index contributed by atoms with van der Waals surface area (Å²) in [5, 5.41) is 12.4. The maximum absolute atomic E-state index is 8.90. The van der Waals surface area contributed by atoms with Crippen molar-refractivity contribution in [3.63, 3.8) is 0 Å². The summed E-state index contributed by atoms with van der Waals surface area (Å²) in [6.45, 7) is 2.66. The summed E-state index contributed by atoms with van der Waals surface area (Å²) >= 11 is 7.75. The molecule has 5 nitrogen and oxygen atoms in total. The third-order valence-electron chi connectivity index (χ3n) is 2.99. The predicted octanol–water partition coefficient (Wildman–Crippen LogP) is 2.84. The number of oxime groups is 1. The Balaban J connectivity index is 2.37. The predicted molar refractivity (Wildman–Crippen MR) is 82.9 cm³/mol.